The fourth-order valence-electron chi connectivity index (χ4n) is 3.89. The molecule has 210 valence electrons. The van der Waals surface area contributed by atoms with Crippen molar-refractivity contribution in [3.8, 4) is 5.88 Å². The Balaban J connectivity index is 1.67. The molecule has 2 aromatic heterocycles. The van der Waals surface area contributed by atoms with Crippen molar-refractivity contribution < 1.29 is 23.8 Å². The molecule has 1 aromatic carbocycles. The summed E-state index contributed by atoms with van der Waals surface area (Å²) in [5.74, 6) is 0.133. The lowest BCUT2D eigenvalue weighted by molar-refractivity contribution is 0.0232. The second-order valence-corrected chi connectivity index (χ2v) is 10.1. The van der Waals surface area contributed by atoms with Gasteiger partial charge in [0.25, 0.3) is 0 Å². The number of amides is 1. The van der Waals surface area contributed by atoms with Gasteiger partial charge < -0.3 is 30.2 Å². The van der Waals surface area contributed by atoms with Gasteiger partial charge in [-0.1, -0.05) is 12.1 Å². The van der Waals surface area contributed by atoms with Crippen LogP contribution in [-0.2, 0) is 22.9 Å². The van der Waals surface area contributed by atoms with E-state index in [1.807, 2.05) is 52.0 Å². The average molecular weight is 539 g/mol. The first-order valence-electron chi connectivity index (χ1n) is 12.7. The van der Waals surface area contributed by atoms with Crippen LogP contribution in [-0.4, -0.2) is 70.7 Å². The summed E-state index contributed by atoms with van der Waals surface area (Å²) in [5, 5.41) is 7.59. The van der Waals surface area contributed by atoms with Crippen molar-refractivity contribution in [1.29, 1.82) is 0 Å². The molecule has 11 nitrogen and oxygen atoms in total. The van der Waals surface area contributed by atoms with Crippen LogP contribution in [0.15, 0.2) is 42.6 Å². The first-order valence-corrected chi connectivity index (χ1v) is 12.7. The van der Waals surface area contributed by atoms with E-state index in [1.165, 1.54) is 7.11 Å². The van der Waals surface area contributed by atoms with Gasteiger partial charge in [-0.25, -0.2) is 14.3 Å². The lowest BCUT2D eigenvalue weighted by Crippen LogP contribution is -2.41. The van der Waals surface area contributed by atoms with Crippen molar-refractivity contribution in [3.63, 3.8) is 0 Å². The van der Waals surface area contributed by atoms with Gasteiger partial charge in [-0.05, 0) is 52.0 Å². The Kier molecular flexibility index (Phi) is 9.75. The van der Waals surface area contributed by atoms with Gasteiger partial charge in [-0.3, -0.25) is 4.98 Å². The minimum atomic E-state index is -0.632. The van der Waals surface area contributed by atoms with Crippen LogP contribution >= 0.6 is 0 Å². The number of nitrogen functional groups attached to an aromatic ring is 1. The number of hydrogen-bond donors (Lipinski definition) is 2. The molecule has 0 aliphatic carbocycles. The first-order chi connectivity index (χ1) is 18.5. The van der Waals surface area contributed by atoms with E-state index in [9.17, 15) is 9.59 Å². The van der Waals surface area contributed by atoms with E-state index in [0.29, 0.717) is 54.6 Å². The zero-order valence-electron chi connectivity index (χ0n) is 23.5. The molecule has 3 rings (SSSR count). The number of nitrogens with two attached hydrogens (primary N) is 1. The number of anilines is 2. The van der Waals surface area contributed by atoms with Gasteiger partial charge in [0.05, 0.1) is 36.8 Å². The van der Waals surface area contributed by atoms with Crippen LogP contribution in [0.1, 0.15) is 48.1 Å². The number of pyridine rings is 1. The molecule has 3 N–H and O–H groups in total. The quantitative estimate of drug-likeness (QED) is 0.276. The summed E-state index contributed by atoms with van der Waals surface area (Å²) >= 11 is 0. The largest absolute Gasteiger partial charge is 0.476 e. The number of rotatable bonds is 11. The molecule has 2 heterocycles. The molecule has 0 bridgehead atoms. The molecule has 0 saturated carbocycles. The number of aromatic nitrogens is 3. The molecule has 0 aliphatic rings. The first kappa shape index (κ1) is 29.3. The summed E-state index contributed by atoms with van der Waals surface area (Å²) in [6, 6.07) is 10.8. The molecule has 0 atom stereocenters. The van der Waals surface area contributed by atoms with Gasteiger partial charge in [0, 0.05) is 43.5 Å². The average Bonchev–Trinajstić information content (AvgIpc) is 3.20. The zero-order chi connectivity index (χ0) is 28.6. The SMILES string of the molecule is COC(=O)c1cc(C)nc(Cc2cnn(C)c2OCCN(CCNc2ccccc2N)C(=O)OC(C)(C)C)c1. The Hall–Kier alpha value is -4.28. The second kappa shape index (κ2) is 13.0. The fraction of sp³-hybridized carbons (Fsp3) is 0.429. The highest BCUT2D eigenvalue weighted by atomic mass is 16.6. The van der Waals surface area contributed by atoms with Crippen LogP contribution in [0, 0.1) is 6.92 Å². The van der Waals surface area contributed by atoms with E-state index in [4.69, 9.17) is 19.9 Å². The molecule has 0 unspecified atom stereocenters. The number of nitrogens with zero attached hydrogens (tertiary/aromatic N) is 4. The minimum absolute atomic E-state index is 0.216. The Bertz CT molecular complexity index is 1280. The molecule has 0 fully saturated rings. The van der Waals surface area contributed by atoms with Crippen LogP contribution in [0.25, 0.3) is 0 Å². The number of carbonyl (C=O) groups is 2. The lowest BCUT2D eigenvalue weighted by atomic mass is 10.1. The normalized spacial score (nSPS) is 11.1. The molecule has 3 aromatic rings. The molecular weight excluding hydrogens is 500 g/mol. The van der Waals surface area contributed by atoms with E-state index in [-0.39, 0.29) is 6.61 Å². The predicted octanol–water partition coefficient (Wildman–Crippen LogP) is 3.81. The van der Waals surface area contributed by atoms with Crippen molar-refractivity contribution in [2.45, 2.75) is 39.7 Å². The Morgan fingerprint density at radius 2 is 1.90 bits per heavy atom. The lowest BCUT2D eigenvalue weighted by Gasteiger charge is -2.27. The number of aryl methyl sites for hydroxylation is 2. The third-order valence-corrected chi connectivity index (χ3v) is 5.66. The van der Waals surface area contributed by atoms with Crippen LogP contribution < -0.4 is 15.8 Å². The molecule has 0 aliphatic heterocycles. The second-order valence-electron chi connectivity index (χ2n) is 10.1. The third kappa shape index (κ3) is 8.62. The third-order valence-electron chi connectivity index (χ3n) is 5.66. The highest BCUT2D eigenvalue weighted by Gasteiger charge is 2.22. The number of methoxy groups -OCH3 is 1. The van der Waals surface area contributed by atoms with Crippen molar-refractivity contribution in [1.82, 2.24) is 19.7 Å². The number of nitrogens with one attached hydrogen (secondary N) is 1. The van der Waals surface area contributed by atoms with Gasteiger partial charge >= 0.3 is 12.1 Å². The van der Waals surface area contributed by atoms with Crippen molar-refractivity contribution in [3.05, 3.63) is 65.1 Å². The summed E-state index contributed by atoms with van der Waals surface area (Å²) in [6.45, 7) is 8.68. The highest BCUT2D eigenvalue weighted by Crippen LogP contribution is 2.22. The van der Waals surface area contributed by atoms with Crippen LogP contribution in [0.5, 0.6) is 5.88 Å². The smallest absolute Gasteiger partial charge is 0.410 e. The molecule has 11 heteroatoms. The molecule has 1 amide bonds. The number of hydrogen-bond acceptors (Lipinski definition) is 9. The fourth-order valence-corrected chi connectivity index (χ4v) is 3.89. The molecule has 0 spiro atoms. The number of esters is 1. The minimum Gasteiger partial charge on any atom is -0.476 e. The summed E-state index contributed by atoms with van der Waals surface area (Å²) in [5.41, 5.74) is 9.45. The van der Waals surface area contributed by atoms with Gasteiger partial charge in [-0.2, -0.15) is 5.10 Å². The van der Waals surface area contributed by atoms with E-state index < -0.39 is 17.7 Å². The molecular formula is C28H38N6O5. The van der Waals surface area contributed by atoms with Gasteiger partial charge in [0.15, 0.2) is 0 Å². The predicted molar refractivity (Wildman–Crippen MR) is 149 cm³/mol. The molecule has 0 radical (unpaired) electrons. The maximum absolute atomic E-state index is 12.9. The summed E-state index contributed by atoms with van der Waals surface area (Å²) in [6.07, 6.45) is 1.68. The monoisotopic (exact) mass is 538 g/mol. The van der Waals surface area contributed by atoms with Crippen LogP contribution in [0.4, 0.5) is 16.2 Å². The molecule has 39 heavy (non-hydrogen) atoms. The topological polar surface area (TPSA) is 134 Å². The van der Waals surface area contributed by atoms with E-state index >= 15 is 0 Å². The standard InChI is InChI=1S/C28H38N6O5/c1-19-15-20(26(35)37-6)16-22(32-19)17-21-18-31-33(5)25(21)38-14-13-34(27(36)39-28(2,3)4)12-11-30-24-10-8-7-9-23(24)29/h7-10,15-16,18,30H,11-14,17,29H2,1-6H3. The van der Waals surface area contributed by atoms with Gasteiger partial charge in [-0.15, -0.1) is 0 Å². The Morgan fingerprint density at radius 3 is 2.59 bits per heavy atom. The Labute approximate surface area is 229 Å². The Morgan fingerprint density at radius 1 is 1.15 bits per heavy atom. The van der Waals surface area contributed by atoms with Crippen molar-refractivity contribution >= 4 is 23.4 Å². The summed E-state index contributed by atoms with van der Waals surface area (Å²) in [4.78, 5) is 31.1. The van der Waals surface area contributed by atoms with E-state index in [0.717, 1.165) is 11.3 Å². The maximum Gasteiger partial charge on any atom is 0.410 e. The summed E-state index contributed by atoms with van der Waals surface area (Å²) in [7, 11) is 3.13. The van der Waals surface area contributed by atoms with Gasteiger partial charge in [0.2, 0.25) is 5.88 Å². The number of carbonyl (C=O) groups excluding carboxylic acids is 2. The van der Waals surface area contributed by atoms with Crippen molar-refractivity contribution in [2.24, 2.45) is 7.05 Å². The van der Waals surface area contributed by atoms with E-state index in [1.54, 1.807) is 35.0 Å². The number of ether oxygens (including phenoxy) is 3. The highest BCUT2D eigenvalue weighted by molar-refractivity contribution is 5.89. The van der Waals surface area contributed by atoms with E-state index in [2.05, 4.69) is 15.4 Å². The van der Waals surface area contributed by atoms with Crippen molar-refractivity contribution in [2.75, 3.05) is 44.4 Å². The maximum atomic E-state index is 12.9. The number of benzene rings is 1. The number of para-hydroxylation sites is 2. The zero-order valence-corrected chi connectivity index (χ0v) is 23.5. The van der Waals surface area contributed by atoms with Crippen LogP contribution in [0.2, 0.25) is 0 Å². The summed E-state index contributed by atoms with van der Waals surface area (Å²) < 4.78 is 18.2. The van der Waals surface area contributed by atoms with Gasteiger partial charge in [0.1, 0.15) is 12.2 Å². The van der Waals surface area contributed by atoms with Crippen LogP contribution in [0.3, 0.4) is 0 Å². The molecule has 0 saturated heterocycles.